The lowest BCUT2D eigenvalue weighted by Gasteiger charge is -2.46. The van der Waals surface area contributed by atoms with Gasteiger partial charge in [-0.05, 0) is 49.1 Å². The molecule has 16 nitrogen and oxygen atoms in total. The van der Waals surface area contributed by atoms with Crippen molar-refractivity contribution in [1.82, 2.24) is 43.8 Å². The second-order valence-corrected chi connectivity index (χ2v) is 15.5. The second kappa shape index (κ2) is 13.4. The molecule has 0 unspecified atom stereocenters. The maximum absolute atomic E-state index is 13.5. The van der Waals surface area contributed by atoms with E-state index in [0.717, 1.165) is 48.0 Å². The zero-order valence-electron chi connectivity index (χ0n) is 31.1. The number of anilines is 3. The van der Waals surface area contributed by atoms with Crippen molar-refractivity contribution in [2.45, 2.75) is 56.5 Å². The third-order valence-electron chi connectivity index (χ3n) is 11.8. The number of hydrogen-bond donors (Lipinski definition) is 2. The summed E-state index contributed by atoms with van der Waals surface area (Å²) in [6, 6.07) is 10.9. The van der Waals surface area contributed by atoms with E-state index in [0.29, 0.717) is 54.7 Å². The van der Waals surface area contributed by atoms with Crippen molar-refractivity contribution in [3.8, 4) is 0 Å². The van der Waals surface area contributed by atoms with Gasteiger partial charge in [0.15, 0.2) is 0 Å². The predicted molar refractivity (Wildman–Crippen MR) is 204 cm³/mol. The summed E-state index contributed by atoms with van der Waals surface area (Å²) in [4.78, 5) is 83.8. The van der Waals surface area contributed by atoms with Crippen LogP contribution in [0.15, 0.2) is 53.6 Å². The first-order valence-corrected chi connectivity index (χ1v) is 19.0. The molecule has 3 saturated heterocycles. The molecule has 1 aromatic carbocycles. The number of nitrogens with zero attached hydrogens (tertiary/aromatic N) is 9. The van der Waals surface area contributed by atoms with E-state index in [1.807, 2.05) is 47.5 Å². The Morgan fingerprint density at radius 1 is 0.927 bits per heavy atom. The maximum atomic E-state index is 13.5. The van der Waals surface area contributed by atoms with Crippen LogP contribution in [0.3, 0.4) is 0 Å². The lowest BCUT2D eigenvalue weighted by Crippen LogP contribution is -2.59. The number of aryl methyl sites for hydroxylation is 1. The zero-order valence-corrected chi connectivity index (χ0v) is 31.1. The van der Waals surface area contributed by atoms with Crippen molar-refractivity contribution in [3.63, 3.8) is 0 Å². The fraction of sp³-hybridized carbons (Fsp3) is 0.436. The number of para-hydroxylation sites is 1. The number of aromatic nitrogens is 6. The highest BCUT2D eigenvalue weighted by Crippen LogP contribution is 2.37. The SMILES string of the molecule is CN(C)C(=O)c1cc2cnc(Nc3ccc(C4CN(C(=O)C5CN(c6cccc7c6n(C)c(=O)n7[C@H]6CCC(=O)NC6=O)C5)C4)cn3)nc2n1C1CCCC1. The van der Waals surface area contributed by atoms with E-state index in [9.17, 15) is 24.0 Å². The average Bonchev–Trinajstić information content (AvgIpc) is 3.85. The summed E-state index contributed by atoms with van der Waals surface area (Å²) in [5, 5.41) is 6.41. The quantitative estimate of drug-likeness (QED) is 0.225. The number of imide groups is 1. The van der Waals surface area contributed by atoms with E-state index in [4.69, 9.17) is 4.98 Å². The molecule has 4 aromatic heterocycles. The minimum atomic E-state index is -0.753. The molecule has 1 saturated carbocycles. The van der Waals surface area contributed by atoms with Crippen LogP contribution in [-0.4, -0.2) is 102 Å². The van der Waals surface area contributed by atoms with E-state index < -0.39 is 11.9 Å². The largest absolute Gasteiger partial charge is 0.368 e. The Balaban J connectivity index is 0.827. The fourth-order valence-corrected chi connectivity index (χ4v) is 8.69. The van der Waals surface area contributed by atoms with E-state index in [1.54, 1.807) is 36.8 Å². The summed E-state index contributed by atoms with van der Waals surface area (Å²) in [6.45, 7) is 2.31. The van der Waals surface area contributed by atoms with Gasteiger partial charge in [0, 0.05) is 83.5 Å². The number of carbonyl (C=O) groups excluding carboxylic acids is 4. The van der Waals surface area contributed by atoms with Crippen LogP contribution in [0.1, 0.15) is 72.6 Å². The number of likely N-dealkylation sites (tertiary alicyclic amines) is 1. The van der Waals surface area contributed by atoms with Crippen molar-refractivity contribution in [2.75, 3.05) is 50.5 Å². The predicted octanol–water partition coefficient (Wildman–Crippen LogP) is 3.08. The number of pyridine rings is 1. The van der Waals surface area contributed by atoms with Crippen molar-refractivity contribution in [2.24, 2.45) is 13.0 Å². The Hall–Kier alpha value is -6.06. The van der Waals surface area contributed by atoms with Gasteiger partial charge in [0.25, 0.3) is 5.91 Å². The van der Waals surface area contributed by atoms with Crippen LogP contribution in [-0.2, 0) is 21.4 Å². The van der Waals surface area contributed by atoms with Crippen LogP contribution >= 0.6 is 0 Å². The minimum absolute atomic E-state index is 0.0500. The van der Waals surface area contributed by atoms with Gasteiger partial charge in [-0.25, -0.2) is 14.8 Å². The van der Waals surface area contributed by atoms with Gasteiger partial charge in [0.2, 0.25) is 23.7 Å². The van der Waals surface area contributed by atoms with E-state index >= 15 is 0 Å². The normalized spacial score (nSPS) is 19.5. The number of benzene rings is 1. The topological polar surface area (TPSA) is 173 Å². The third-order valence-corrected chi connectivity index (χ3v) is 11.8. The highest BCUT2D eigenvalue weighted by Gasteiger charge is 2.41. The Kier molecular flexibility index (Phi) is 8.42. The lowest BCUT2D eigenvalue weighted by atomic mass is 9.89. The Morgan fingerprint density at radius 3 is 2.42 bits per heavy atom. The highest BCUT2D eigenvalue weighted by molar-refractivity contribution is 6.01. The molecule has 0 bridgehead atoms. The first kappa shape index (κ1) is 34.7. The van der Waals surface area contributed by atoms with Crippen LogP contribution in [0, 0.1) is 5.92 Å². The molecule has 1 atom stereocenters. The molecule has 55 heavy (non-hydrogen) atoms. The van der Waals surface area contributed by atoms with Gasteiger partial charge in [-0.3, -0.25) is 33.6 Å². The van der Waals surface area contributed by atoms with Crippen LogP contribution in [0.5, 0.6) is 0 Å². The zero-order chi connectivity index (χ0) is 38.1. The monoisotopic (exact) mass is 745 g/mol. The first-order valence-electron chi connectivity index (χ1n) is 19.0. The molecule has 7 heterocycles. The molecule has 284 valence electrons. The number of hydrogen-bond acceptors (Lipinski definition) is 10. The number of imidazole rings is 1. The van der Waals surface area contributed by atoms with Gasteiger partial charge in [0.05, 0.1) is 22.6 Å². The highest BCUT2D eigenvalue weighted by atomic mass is 16.2. The summed E-state index contributed by atoms with van der Waals surface area (Å²) in [5.41, 5.74) is 4.28. The summed E-state index contributed by atoms with van der Waals surface area (Å²) in [5.74, 6) is 0.319. The second-order valence-electron chi connectivity index (χ2n) is 15.5. The molecule has 3 aliphatic heterocycles. The van der Waals surface area contributed by atoms with Gasteiger partial charge < -0.3 is 24.6 Å². The number of piperidine rings is 1. The Bertz CT molecular complexity index is 2430. The molecule has 9 rings (SSSR count). The van der Waals surface area contributed by atoms with E-state index in [2.05, 4.69) is 30.1 Å². The van der Waals surface area contributed by atoms with Crippen LogP contribution < -0.4 is 21.2 Å². The Labute approximate surface area is 316 Å². The summed E-state index contributed by atoms with van der Waals surface area (Å²) in [6.07, 6.45) is 8.33. The van der Waals surface area contributed by atoms with Crippen molar-refractivity contribution in [3.05, 3.63) is 70.5 Å². The lowest BCUT2D eigenvalue weighted by molar-refractivity contribution is -0.141. The van der Waals surface area contributed by atoms with Gasteiger partial charge in [0.1, 0.15) is 23.2 Å². The molecule has 4 amide bonds. The van der Waals surface area contributed by atoms with Gasteiger partial charge >= 0.3 is 5.69 Å². The Morgan fingerprint density at radius 2 is 1.71 bits per heavy atom. The molecule has 0 spiro atoms. The van der Waals surface area contributed by atoms with Gasteiger partial charge in [-0.1, -0.05) is 25.0 Å². The summed E-state index contributed by atoms with van der Waals surface area (Å²) in [7, 11) is 5.21. The molecule has 4 aliphatic rings. The minimum Gasteiger partial charge on any atom is -0.368 e. The van der Waals surface area contributed by atoms with Crippen LogP contribution in [0.2, 0.25) is 0 Å². The molecule has 1 aliphatic carbocycles. The smallest absolute Gasteiger partial charge is 0.329 e. The molecular weight excluding hydrogens is 703 g/mol. The molecule has 2 N–H and O–H groups in total. The molecule has 0 radical (unpaired) electrons. The van der Waals surface area contributed by atoms with Gasteiger partial charge in [-0.15, -0.1) is 0 Å². The number of rotatable bonds is 8. The maximum Gasteiger partial charge on any atom is 0.329 e. The number of nitrogens with one attached hydrogen (secondary N) is 2. The van der Waals surface area contributed by atoms with Crippen LogP contribution in [0.25, 0.3) is 22.1 Å². The standard InChI is InChI=1S/C39H43N11O5/c1-45(2)37(54)30-15-23-17-41-38(44-34(23)49(30)26-7-4-5-8-26)42-31-13-11-22(16-40-31)24-18-48(19-24)36(53)25-20-47(21-25)27-9-6-10-28-33(27)46(3)39(55)50(28)29-12-14-32(51)43-35(29)52/h6,9-11,13,15-17,24-26,29H,4-5,7-8,12,14,18-21H2,1-3H3,(H,43,51,52)(H,40,41,42,44)/t29-/m0/s1. The average molecular weight is 746 g/mol. The number of amides is 4. The summed E-state index contributed by atoms with van der Waals surface area (Å²) >= 11 is 0. The third kappa shape index (κ3) is 5.90. The molecule has 4 fully saturated rings. The van der Waals surface area contributed by atoms with Crippen LogP contribution in [0.4, 0.5) is 17.5 Å². The van der Waals surface area contributed by atoms with E-state index in [1.165, 1.54) is 4.57 Å². The fourth-order valence-electron chi connectivity index (χ4n) is 8.69. The van der Waals surface area contributed by atoms with E-state index in [-0.39, 0.29) is 54.1 Å². The van der Waals surface area contributed by atoms with Crippen molar-refractivity contribution >= 4 is 63.1 Å². The van der Waals surface area contributed by atoms with Gasteiger partial charge in [-0.2, -0.15) is 4.98 Å². The number of fused-ring (bicyclic) bond motifs is 2. The van der Waals surface area contributed by atoms with Crippen molar-refractivity contribution < 1.29 is 19.2 Å². The molecule has 16 heteroatoms. The van der Waals surface area contributed by atoms with Crippen molar-refractivity contribution in [1.29, 1.82) is 0 Å². The first-order chi connectivity index (χ1) is 26.5. The number of carbonyl (C=O) groups is 4. The summed E-state index contributed by atoms with van der Waals surface area (Å²) < 4.78 is 5.12. The molecule has 5 aromatic rings. The molecular formula is C39H43N11O5.